The van der Waals surface area contributed by atoms with E-state index < -0.39 is 27.6 Å². The summed E-state index contributed by atoms with van der Waals surface area (Å²) in [4.78, 5) is 16.1. The van der Waals surface area contributed by atoms with Crippen molar-refractivity contribution < 1.29 is 31.5 Å². The first-order valence-electron chi connectivity index (χ1n) is 8.70. The number of rotatable bonds is 7. The molecule has 0 aliphatic heterocycles. The van der Waals surface area contributed by atoms with Gasteiger partial charge in [-0.3, -0.25) is 14.5 Å². The first-order valence-corrected chi connectivity index (χ1v) is 10.2. The Balaban J connectivity index is 1.81. The monoisotopic (exact) mass is 449 g/mol. The fourth-order valence-electron chi connectivity index (χ4n) is 2.59. The maximum Gasteiger partial charge on any atom is 0.262 e. The van der Waals surface area contributed by atoms with Gasteiger partial charge in [0.05, 0.1) is 36.6 Å². The van der Waals surface area contributed by atoms with Crippen LogP contribution in [-0.4, -0.2) is 33.5 Å². The smallest absolute Gasteiger partial charge is 0.262 e. The number of methoxy groups -OCH3 is 2. The topological polar surface area (TPSA) is 107 Å². The molecule has 0 atom stereocenters. The molecule has 1 amide bonds. The van der Waals surface area contributed by atoms with E-state index in [9.17, 15) is 22.0 Å². The van der Waals surface area contributed by atoms with Gasteiger partial charge in [0.25, 0.3) is 15.9 Å². The lowest BCUT2D eigenvalue weighted by atomic mass is 10.2. The maximum absolute atomic E-state index is 13.3. The van der Waals surface area contributed by atoms with Crippen LogP contribution in [0.5, 0.6) is 11.5 Å². The highest BCUT2D eigenvalue weighted by Crippen LogP contribution is 2.30. The molecule has 1 heterocycles. The molecule has 8 nitrogen and oxygen atoms in total. The molecule has 0 unspecified atom stereocenters. The Morgan fingerprint density at radius 2 is 1.65 bits per heavy atom. The van der Waals surface area contributed by atoms with Gasteiger partial charge >= 0.3 is 0 Å². The standard InChI is InChI=1S/C20H17F2N3O5S/c1-29-18-6-4-15(9-19(18)30-2)31(27,28)25-14-7-12(10-23-11-14)20(26)24-13-3-5-16(21)17(22)8-13/h3-11,25H,1-2H3,(H,24,26). The number of anilines is 2. The van der Waals surface area contributed by atoms with Crippen LogP contribution in [0.4, 0.5) is 20.2 Å². The minimum Gasteiger partial charge on any atom is -0.493 e. The molecule has 2 N–H and O–H groups in total. The predicted octanol–water partition coefficient (Wildman–Crippen LogP) is 3.43. The molecule has 2 aromatic carbocycles. The van der Waals surface area contributed by atoms with E-state index in [0.29, 0.717) is 5.75 Å². The highest BCUT2D eigenvalue weighted by Gasteiger charge is 2.18. The fraction of sp³-hybridized carbons (Fsp3) is 0.100. The van der Waals surface area contributed by atoms with E-state index >= 15 is 0 Å². The van der Waals surface area contributed by atoms with Crippen molar-refractivity contribution in [1.29, 1.82) is 0 Å². The summed E-state index contributed by atoms with van der Waals surface area (Å²) in [5.74, 6) is -2.27. The molecule has 1 aromatic heterocycles. The zero-order chi connectivity index (χ0) is 22.6. The molecule has 3 aromatic rings. The van der Waals surface area contributed by atoms with Gasteiger partial charge in [0, 0.05) is 24.0 Å². The Morgan fingerprint density at radius 3 is 2.32 bits per heavy atom. The highest BCUT2D eigenvalue weighted by atomic mass is 32.2. The SMILES string of the molecule is COc1ccc(S(=O)(=O)Nc2cncc(C(=O)Nc3ccc(F)c(F)c3)c2)cc1OC. The predicted molar refractivity (Wildman–Crippen MR) is 109 cm³/mol. The van der Waals surface area contributed by atoms with Gasteiger partial charge in [-0.2, -0.15) is 0 Å². The van der Waals surface area contributed by atoms with Crippen molar-refractivity contribution in [3.63, 3.8) is 0 Å². The van der Waals surface area contributed by atoms with Crippen LogP contribution < -0.4 is 19.5 Å². The summed E-state index contributed by atoms with van der Waals surface area (Å²) in [7, 11) is -1.23. The number of carbonyl (C=O) groups excluding carboxylic acids is 1. The molecule has 31 heavy (non-hydrogen) atoms. The number of aromatic nitrogens is 1. The van der Waals surface area contributed by atoms with Crippen LogP contribution in [0.3, 0.4) is 0 Å². The second kappa shape index (κ2) is 8.96. The van der Waals surface area contributed by atoms with Gasteiger partial charge in [-0.05, 0) is 30.3 Å². The van der Waals surface area contributed by atoms with Gasteiger partial charge in [-0.15, -0.1) is 0 Å². The first-order chi connectivity index (χ1) is 14.7. The van der Waals surface area contributed by atoms with Crippen molar-refractivity contribution in [3.05, 3.63) is 72.1 Å². The molecule has 11 heteroatoms. The third kappa shape index (κ3) is 5.07. The molecule has 3 rings (SSSR count). The van der Waals surface area contributed by atoms with E-state index in [2.05, 4.69) is 15.0 Å². The molecule has 0 aliphatic carbocycles. The van der Waals surface area contributed by atoms with Crippen LogP contribution in [0.2, 0.25) is 0 Å². The summed E-state index contributed by atoms with van der Waals surface area (Å²) in [6.07, 6.45) is 2.41. The number of ether oxygens (including phenoxy) is 2. The number of halogens is 2. The Hall–Kier alpha value is -3.73. The summed E-state index contributed by atoms with van der Waals surface area (Å²) in [5.41, 5.74) is 0.0465. The lowest BCUT2D eigenvalue weighted by Gasteiger charge is -2.12. The van der Waals surface area contributed by atoms with Crippen molar-refractivity contribution in [2.45, 2.75) is 4.90 Å². The zero-order valence-corrected chi connectivity index (χ0v) is 17.2. The van der Waals surface area contributed by atoms with E-state index in [4.69, 9.17) is 9.47 Å². The van der Waals surface area contributed by atoms with Gasteiger partial charge < -0.3 is 14.8 Å². The second-order valence-corrected chi connectivity index (χ2v) is 7.85. The average Bonchev–Trinajstić information content (AvgIpc) is 2.75. The largest absolute Gasteiger partial charge is 0.493 e. The van der Waals surface area contributed by atoms with Gasteiger partial charge in [0.15, 0.2) is 23.1 Å². The van der Waals surface area contributed by atoms with Crippen LogP contribution in [0.1, 0.15) is 10.4 Å². The van der Waals surface area contributed by atoms with E-state index in [0.717, 1.165) is 12.1 Å². The maximum atomic E-state index is 13.3. The molecule has 0 aliphatic rings. The Bertz CT molecular complexity index is 1240. The minimum absolute atomic E-state index is 0.00255. The molecule has 0 spiro atoms. The Morgan fingerprint density at radius 1 is 0.903 bits per heavy atom. The zero-order valence-electron chi connectivity index (χ0n) is 16.3. The van der Waals surface area contributed by atoms with Crippen molar-refractivity contribution in [2.24, 2.45) is 0 Å². The van der Waals surface area contributed by atoms with Gasteiger partial charge in [-0.25, -0.2) is 17.2 Å². The second-order valence-electron chi connectivity index (χ2n) is 6.17. The summed E-state index contributed by atoms with van der Waals surface area (Å²) in [6, 6.07) is 8.19. The number of carbonyl (C=O) groups is 1. The molecule has 162 valence electrons. The molecule has 0 radical (unpaired) electrons. The number of nitrogens with one attached hydrogen (secondary N) is 2. The number of amides is 1. The van der Waals surface area contributed by atoms with Crippen molar-refractivity contribution >= 4 is 27.3 Å². The fourth-order valence-corrected chi connectivity index (χ4v) is 3.64. The molecular weight excluding hydrogens is 432 g/mol. The highest BCUT2D eigenvalue weighted by molar-refractivity contribution is 7.92. The van der Waals surface area contributed by atoms with E-state index in [1.54, 1.807) is 0 Å². The Kier molecular flexibility index (Phi) is 6.35. The third-order valence-corrected chi connectivity index (χ3v) is 5.47. The molecule has 0 bridgehead atoms. The molecule has 0 fully saturated rings. The summed E-state index contributed by atoms with van der Waals surface area (Å²) < 4.78 is 64.3. The van der Waals surface area contributed by atoms with Crippen LogP contribution in [0.25, 0.3) is 0 Å². The number of hydrogen-bond acceptors (Lipinski definition) is 6. The van der Waals surface area contributed by atoms with Crippen molar-refractivity contribution in [1.82, 2.24) is 4.98 Å². The lowest BCUT2D eigenvalue weighted by Crippen LogP contribution is -2.16. The van der Waals surface area contributed by atoms with Crippen molar-refractivity contribution in [3.8, 4) is 11.5 Å². The van der Waals surface area contributed by atoms with Crippen LogP contribution >= 0.6 is 0 Å². The van der Waals surface area contributed by atoms with Crippen LogP contribution in [0, 0.1) is 11.6 Å². The number of hydrogen-bond donors (Lipinski definition) is 2. The van der Waals surface area contributed by atoms with Gasteiger partial charge in [0.1, 0.15) is 0 Å². The Labute approximate surface area is 176 Å². The first kappa shape index (κ1) is 22.0. The molecule has 0 saturated carbocycles. The molecular formula is C20H17F2N3O5S. The van der Waals surface area contributed by atoms with E-state index in [1.807, 2.05) is 0 Å². The quantitative estimate of drug-likeness (QED) is 0.572. The molecule has 0 saturated heterocycles. The number of nitrogens with zero attached hydrogens (tertiary/aromatic N) is 1. The minimum atomic E-state index is -4.03. The van der Waals surface area contributed by atoms with E-state index in [-0.39, 0.29) is 27.6 Å². The van der Waals surface area contributed by atoms with Crippen LogP contribution in [0.15, 0.2) is 59.8 Å². The summed E-state index contributed by atoms with van der Waals surface area (Å²) in [6.45, 7) is 0. The van der Waals surface area contributed by atoms with E-state index in [1.165, 1.54) is 56.9 Å². The number of pyridine rings is 1. The number of sulfonamides is 1. The normalized spacial score (nSPS) is 11.0. The average molecular weight is 449 g/mol. The number of benzene rings is 2. The van der Waals surface area contributed by atoms with Gasteiger partial charge in [0.2, 0.25) is 0 Å². The summed E-state index contributed by atoms with van der Waals surface area (Å²) in [5, 5.41) is 2.38. The van der Waals surface area contributed by atoms with Crippen molar-refractivity contribution in [2.75, 3.05) is 24.3 Å². The summed E-state index contributed by atoms with van der Waals surface area (Å²) >= 11 is 0. The lowest BCUT2D eigenvalue weighted by molar-refractivity contribution is 0.102. The van der Waals surface area contributed by atoms with Crippen LogP contribution in [-0.2, 0) is 10.0 Å². The van der Waals surface area contributed by atoms with Gasteiger partial charge in [-0.1, -0.05) is 0 Å². The third-order valence-electron chi connectivity index (χ3n) is 4.10.